The second-order valence-corrected chi connectivity index (χ2v) is 3.83. The van der Waals surface area contributed by atoms with Crippen LogP contribution in [0, 0.1) is 0 Å². The van der Waals surface area contributed by atoms with Crippen molar-refractivity contribution in [3.8, 4) is 0 Å². The maximum Gasteiger partial charge on any atom is 0.120 e. The highest BCUT2D eigenvalue weighted by Gasteiger charge is 2.07. The van der Waals surface area contributed by atoms with Gasteiger partial charge in [0.15, 0.2) is 0 Å². The Morgan fingerprint density at radius 1 is 1.44 bits per heavy atom. The van der Waals surface area contributed by atoms with E-state index < -0.39 is 0 Å². The van der Waals surface area contributed by atoms with E-state index >= 15 is 0 Å². The zero-order valence-electron chi connectivity index (χ0n) is 10.2. The molecular formula is C12H21NO3. The lowest BCUT2D eigenvalue weighted by Crippen LogP contribution is -2.26. The van der Waals surface area contributed by atoms with E-state index in [1.54, 1.807) is 13.4 Å². The molecule has 1 aromatic rings. The molecule has 0 fully saturated rings. The summed E-state index contributed by atoms with van der Waals surface area (Å²) in [5.41, 5.74) is 0. The van der Waals surface area contributed by atoms with Crippen molar-refractivity contribution in [2.24, 2.45) is 0 Å². The molecule has 2 atom stereocenters. The van der Waals surface area contributed by atoms with E-state index in [0.29, 0.717) is 13.2 Å². The van der Waals surface area contributed by atoms with Crippen molar-refractivity contribution >= 4 is 0 Å². The van der Waals surface area contributed by atoms with Crippen molar-refractivity contribution < 1.29 is 13.9 Å². The molecule has 0 saturated carbocycles. The monoisotopic (exact) mass is 227 g/mol. The van der Waals surface area contributed by atoms with Crippen LogP contribution in [0.15, 0.2) is 22.8 Å². The van der Waals surface area contributed by atoms with Crippen LogP contribution in [0.3, 0.4) is 0 Å². The molecule has 0 radical (unpaired) electrons. The van der Waals surface area contributed by atoms with Crippen molar-refractivity contribution in [2.75, 3.05) is 26.9 Å². The van der Waals surface area contributed by atoms with Gasteiger partial charge in [0.1, 0.15) is 5.76 Å². The quantitative estimate of drug-likeness (QED) is 0.690. The lowest BCUT2D eigenvalue weighted by atomic mass is 10.2. The summed E-state index contributed by atoms with van der Waals surface area (Å²) in [4.78, 5) is 0. The Bertz CT molecular complexity index is 261. The van der Waals surface area contributed by atoms with E-state index in [0.717, 1.165) is 12.3 Å². The molecule has 0 amide bonds. The van der Waals surface area contributed by atoms with Crippen molar-refractivity contribution in [1.29, 1.82) is 0 Å². The van der Waals surface area contributed by atoms with Gasteiger partial charge in [0.2, 0.25) is 0 Å². The van der Waals surface area contributed by atoms with Crippen LogP contribution in [0.25, 0.3) is 0 Å². The number of rotatable bonds is 8. The molecule has 0 aliphatic heterocycles. The standard InChI is InChI=1S/C12H21NO3/c1-10(9-14-3)15-8-6-13-11(2)12-5-4-7-16-12/h4-5,7,10-11,13H,6,8-9H2,1-3H3. The number of hydrogen-bond acceptors (Lipinski definition) is 4. The van der Waals surface area contributed by atoms with E-state index in [2.05, 4.69) is 12.2 Å². The molecule has 4 heteroatoms. The van der Waals surface area contributed by atoms with E-state index in [4.69, 9.17) is 13.9 Å². The highest BCUT2D eigenvalue weighted by molar-refractivity contribution is 5.02. The van der Waals surface area contributed by atoms with Gasteiger partial charge in [-0.2, -0.15) is 0 Å². The third-order valence-electron chi connectivity index (χ3n) is 2.33. The van der Waals surface area contributed by atoms with Gasteiger partial charge in [-0.3, -0.25) is 0 Å². The first-order valence-corrected chi connectivity index (χ1v) is 5.61. The molecule has 0 bridgehead atoms. The van der Waals surface area contributed by atoms with Crippen molar-refractivity contribution in [3.63, 3.8) is 0 Å². The van der Waals surface area contributed by atoms with E-state index in [1.165, 1.54) is 0 Å². The first-order chi connectivity index (χ1) is 7.74. The predicted molar refractivity (Wildman–Crippen MR) is 62.4 cm³/mol. The summed E-state index contributed by atoms with van der Waals surface area (Å²) in [7, 11) is 1.68. The average Bonchev–Trinajstić information content (AvgIpc) is 2.78. The van der Waals surface area contributed by atoms with Gasteiger partial charge in [0.25, 0.3) is 0 Å². The molecule has 1 heterocycles. The molecule has 0 saturated heterocycles. The van der Waals surface area contributed by atoms with E-state index in [9.17, 15) is 0 Å². The summed E-state index contributed by atoms with van der Waals surface area (Å²) < 4.78 is 15.8. The fourth-order valence-electron chi connectivity index (χ4n) is 1.46. The fraction of sp³-hybridized carbons (Fsp3) is 0.667. The number of furan rings is 1. The van der Waals surface area contributed by atoms with Crippen LogP contribution < -0.4 is 5.32 Å². The van der Waals surface area contributed by atoms with Gasteiger partial charge in [-0.1, -0.05) is 0 Å². The lowest BCUT2D eigenvalue weighted by Gasteiger charge is -2.14. The first kappa shape index (κ1) is 13.2. The molecule has 0 spiro atoms. The van der Waals surface area contributed by atoms with Gasteiger partial charge in [0, 0.05) is 13.7 Å². The highest BCUT2D eigenvalue weighted by Crippen LogP contribution is 2.11. The minimum Gasteiger partial charge on any atom is -0.468 e. The van der Waals surface area contributed by atoms with Gasteiger partial charge in [-0.05, 0) is 26.0 Å². The summed E-state index contributed by atoms with van der Waals surface area (Å²) in [6.45, 7) is 6.18. The zero-order valence-corrected chi connectivity index (χ0v) is 10.2. The molecule has 4 nitrogen and oxygen atoms in total. The first-order valence-electron chi connectivity index (χ1n) is 5.61. The SMILES string of the molecule is COCC(C)OCCNC(C)c1ccco1. The summed E-state index contributed by atoms with van der Waals surface area (Å²) in [6.07, 6.45) is 1.83. The number of ether oxygens (including phenoxy) is 2. The molecule has 1 rings (SSSR count). The summed E-state index contributed by atoms with van der Waals surface area (Å²) >= 11 is 0. The Hall–Kier alpha value is -0.840. The summed E-state index contributed by atoms with van der Waals surface area (Å²) in [5, 5.41) is 3.32. The topological polar surface area (TPSA) is 43.6 Å². The molecular weight excluding hydrogens is 206 g/mol. The van der Waals surface area contributed by atoms with E-state index in [-0.39, 0.29) is 12.1 Å². The van der Waals surface area contributed by atoms with Crippen molar-refractivity contribution in [3.05, 3.63) is 24.2 Å². The molecule has 16 heavy (non-hydrogen) atoms. The molecule has 1 aromatic heterocycles. The summed E-state index contributed by atoms with van der Waals surface area (Å²) in [6, 6.07) is 4.08. The average molecular weight is 227 g/mol. The maximum atomic E-state index is 5.53. The van der Waals surface area contributed by atoms with Gasteiger partial charge in [-0.15, -0.1) is 0 Å². The molecule has 92 valence electrons. The molecule has 1 N–H and O–H groups in total. The predicted octanol–water partition coefficient (Wildman–Crippen LogP) is 1.98. The van der Waals surface area contributed by atoms with Crippen LogP contribution in [0.1, 0.15) is 25.6 Å². The Morgan fingerprint density at radius 2 is 2.25 bits per heavy atom. The molecule has 0 aliphatic carbocycles. The smallest absolute Gasteiger partial charge is 0.120 e. The zero-order chi connectivity index (χ0) is 11.8. The van der Waals surface area contributed by atoms with Crippen LogP contribution in [0.2, 0.25) is 0 Å². The third kappa shape index (κ3) is 4.79. The Labute approximate surface area is 96.9 Å². The second-order valence-electron chi connectivity index (χ2n) is 3.83. The molecule has 0 aliphatic rings. The van der Waals surface area contributed by atoms with Crippen LogP contribution in [0.5, 0.6) is 0 Å². The number of nitrogens with one attached hydrogen (secondary N) is 1. The van der Waals surface area contributed by atoms with Crippen LogP contribution in [0.4, 0.5) is 0 Å². The van der Waals surface area contributed by atoms with Gasteiger partial charge < -0.3 is 19.2 Å². The maximum absolute atomic E-state index is 5.53. The fourth-order valence-corrected chi connectivity index (χ4v) is 1.46. The molecule has 0 aromatic carbocycles. The summed E-state index contributed by atoms with van der Waals surface area (Å²) in [5.74, 6) is 0.949. The van der Waals surface area contributed by atoms with E-state index in [1.807, 2.05) is 19.1 Å². The third-order valence-corrected chi connectivity index (χ3v) is 2.33. The van der Waals surface area contributed by atoms with Crippen molar-refractivity contribution in [1.82, 2.24) is 5.32 Å². The second kappa shape index (κ2) is 7.44. The van der Waals surface area contributed by atoms with Gasteiger partial charge in [-0.25, -0.2) is 0 Å². The largest absolute Gasteiger partial charge is 0.468 e. The minimum absolute atomic E-state index is 0.144. The van der Waals surface area contributed by atoms with Crippen LogP contribution in [-0.2, 0) is 9.47 Å². The van der Waals surface area contributed by atoms with Crippen LogP contribution >= 0.6 is 0 Å². The number of methoxy groups -OCH3 is 1. The minimum atomic E-state index is 0.144. The Kier molecular flexibility index (Phi) is 6.15. The lowest BCUT2D eigenvalue weighted by molar-refractivity contribution is 0.0100. The van der Waals surface area contributed by atoms with Crippen LogP contribution in [-0.4, -0.2) is 33.0 Å². The van der Waals surface area contributed by atoms with Gasteiger partial charge >= 0.3 is 0 Å². The van der Waals surface area contributed by atoms with Crippen molar-refractivity contribution in [2.45, 2.75) is 26.0 Å². The Morgan fingerprint density at radius 3 is 2.88 bits per heavy atom. The molecule has 2 unspecified atom stereocenters. The van der Waals surface area contributed by atoms with Gasteiger partial charge in [0.05, 0.1) is 31.6 Å². The Balaban J connectivity index is 2.07. The normalized spacial score (nSPS) is 14.9. The number of hydrogen-bond donors (Lipinski definition) is 1. The highest BCUT2D eigenvalue weighted by atomic mass is 16.5.